The number of halogens is 1. The van der Waals surface area contributed by atoms with E-state index >= 15 is 0 Å². The van der Waals surface area contributed by atoms with Gasteiger partial charge in [0.2, 0.25) is 0 Å². The largest absolute Gasteiger partial charge is 0.368 e. The van der Waals surface area contributed by atoms with Crippen LogP contribution in [0.15, 0.2) is 47.6 Å². The van der Waals surface area contributed by atoms with E-state index in [9.17, 15) is 5.26 Å². The van der Waals surface area contributed by atoms with Crippen molar-refractivity contribution in [2.75, 3.05) is 43.0 Å². The molecule has 2 saturated heterocycles. The zero-order chi connectivity index (χ0) is 22.9. The van der Waals surface area contributed by atoms with E-state index in [1.54, 1.807) is 0 Å². The second-order valence-corrected chi connectivity index (χ2v) is 8.91. The van der Waals surface area contributed by atoms with Gasteiger partial charge >= 0.3 is 0 Å². The van der Waals surface area contributed by atoms with Crippen LogP contribution in [-0.4, -0.2) is 50.2 Å². The monoisotopic (exact) mass is 573 g/mol. The number of aromatic nitrogens is 1. The normalized spacial score (nSPS) is 18.9. The summed E-state index contributed by atoms with van der Waals surface area (Å²) < 4.78 is 0. The Morgan fingerprint density at radius 1 is 1.09 bits per heavy atom. The third-order valence-corrected chi connectivity index (χ3v) is 6.55. The number of nitrogens with zero attached hydrogens (tertiary/aromatic N) is 5. The molecule has 2 fully saturated rings. The summed E-state index contributed by atoms with van der Waals surface area (Å²) in [4.78, 5) is 13.8. The van der Waals surface area contributed by atoms with Gasteiger partial charge in [-0.2, -0.15) is 5.26 Å². The van der Waals surface area contributed by atoms with Gasteiger partial charge in [-0.3, -0.25) is 4.99 Å². The maximum absolute atomic E-state index is 9.46. The molecule has 182 valence electrons. The van der Waals surface area contributed by atoms with E-state index < -0.39 is 0 Å². The van der Waals surface area contributed by atoms with Crippen molar-refractivity contribution in [2.24, 2.45) is 4.99 Å². The Balaban J connectivity index is 0.00000324. The Morgan fingerprint density at radius 3 is 2.62 bits per heavy atom. The SMILES string of the molecule is CN=C(NCc1ccnc(N2CCCCCC2)c1)NC1CCCN(c2ccccc2C#N)C1.I. The van der Waals surface area contributed by atoms with Crippen molar-refractivity contribution >= 4 is 41.4 Å². The van der Waals surface area contributed by atoms with Gasteiger partial charge in [0.15, 0.2) is 5.96 Å². The quantitative estimate of drug-likeness (QED) is 0.316. The number of nitriles is 1. The first kappa shape index (κ1) is 26.1. The molecule has 7 nitrogen and oxygen atoms in total. The lowest BCUT2D eigenvalue weighted by Gasteiger charge is -2.35. The van der Waals surface area contributed by atoms with Gasteiger partial charge < -0.3 is 20.4 Å². The number of hydrogen-bond donors (Lipinski definition) is 2. The summed E-state index contributed by atoms with van der Waals surface area (Å²) in [5.74, 6) is 1.89. The number of piperidine rings is 1. The summed E-state index contributed by atoms with van der Waals surface area (Å²) in [7, 11) is 1.82. The summed E-state index contributed by atoms with van der Waals surface area (Å²) in [6, 6.07) is 14.7. The molecular formula is C26H36IN7. The molecule has 0 bridgehead atoms. The number of aliphatic imine (C=N–C) groups is 1. The fourth-order valence-corrected chi connectivity index (χ4v) is 4.77. The summed E-state index contributed by atoms with van der Waals surface area (Å²) in [6.07, 6.45) is 9.22. The smallest absolute Gasteiger partial charge is 0.191 e. The van der Waals surface area contributed by atoms with Crippen LogP contribution in [0, 0.1) is 11.3 Å². The van der Waals surface area contributed by atoms with Gasteiger partial charge in [-0.1, -0.05) is 25.0 Å². The van der Waals surface area contributed by atoms with Crippen LogP contribution in [0.3, 0.4) is 0 Å². The van der Waals surface area contributed by atoms with E-state index in [0.29, 0.717) is 6.54 Å². The van der Waals surface area contributed by atoms with Gasteiger partial charge in [-0.25, -0.2) is 4.98 Å². The number of anilines is 2. The maximum atomic E-state index is 9.46. The van der Waals surface area contributed by atoms with E-state index in [4.69, 9.17) is 0 Å². The summed E-state index contributed by atoms with van der Waals surface area (Å²) in [6.45, 7) is 4.73. The van der Waals surface area contributed by atoms with Crippen LogP contribution in [0.5, 0.6) is 0 Å². The molecule has 2 aliphatic heterocycles. The van der Waals surface area contributed by atoms with Crippen molar-refractivity contribution < 1.29 is 0 Å². The number of para-hydroxylation sites is 1. The Bertz CT molecular complexity index is 979. The Hall–Kier alpha value is -2.54. The van der Waals surface area contributed by atoms with E-state index in [0.717, 1.165) is 62.0 Å². The molecule has 1 aromatic carbocycles. The van der Waals surface area contributed by atoms with Crippen molar-refractivity contribution in [3.05, 3.63) is 53.7 Å². The van der Waals surface area contributed by atoms with Gasteiger partial charge in [0.1, 0.15) is 11.9 Å². The lowest BCUT2D eigenvalue weighted by atomic mass is 10.0. The second-order valence-electron chi connectivity index (χ2n) is 8.91. The number of rotatable bonds is 5. The molecule has 0 saturated carbocycles. The molecule has 2 N–H and O–H groups in total. The average Bonchev–Trinajstić information content (AvgIpc) is 3.16. The molecule has 1 atom stereocenters. The van der Waals surface area contributed by atoms with Crippen molar-refractivity contribution in [3.8, 4) is 6.07 Å². The molecule has 34 heavy (non-hydrogen) atoms. The molecule has 2 aliphatic rings. The van der Waals surface area contributed by atoms with Gasteiger partial charge in [0.05, 0.1) is 11.3 Å². The summed E-state index contributed by atoms with van der Waals surface area (Å²) in [5, 5.41) is 16.5. The first-order valence-electron chi connectivity index (χ1n) is 12.2. The van der Waals surface area contributed by atoms with Gasteiger partial charge in [-0.15, -0.1) is 24.0 Å². The predicted molar refractivity (Wildman–Crippen MR) is 150 cm³/mol. The first-order valence-corrected chi connectivity index (χ1v) is 12.2. The molecule has 8 heteroatoms. The molecule has 4 rings (SSSR count). The molecule has 2 aromatic rings. The van der Waals surface area contributed by atoms with E-state index in [1.807, 2.05) is 37.5 Å². The molecule has 0 spiro atoms. The molecular weight excluding hydrogens is 537 g/mol. The van der Waals surface area contributed by atoms with Crippen molar-refractivity contribution in [1.82, 2.24) is 15.6 Å². The number of guanidine groups is 1. The van der Waals surface area contributed by atoms with Crippen LogP contribution in [0.1, 0.15) is 49.7 Å². The topological polar surface area (TPSA) is 79.6 Å². The summed E-state index contributed by atoms with van der Waals surface area (Å²) >= 11 is 0. The Morgan fingerprint density at radius 2 is 1.85 bits per heavy atom. The first-order chi connectivity index (χ1) is 16.3. The van der Waals surface area contributed by atoms with E-state index in [1.165, 1.54) is 31.2 Å². The lowest BCUT2D eigenvalue weighted by Crippen LogP contribution is -2.51. The number of benzene rings is 1. The minimum atomic E-state index is 0. The number of pyridine rings is 1. The Labute approximate surface area is 220 Å². The molecule has 3 heterocycles. The maximum Gasteiger partial charge on any atom is 0.191 e. The Kier molecular flexibility index (Phi) is 10.3. The predicted octanol–water partition coefficient (Wildman–Crippen LogP) is 4.29. The fraction of sp³-hybridized carbons (Fsp3) is 0.500. The zero-order valence-corrected chi connectivity index (χ0v) is 22.4. The van der Waals surface area contributed by atoms with Crippen LogP contribution in [-0.2, 0) is 6.54 Å². The van der Waals surface area contributed by atoms with E-state index in [-0.39, 0.29) is 30.0 Å². The standard InChI is InChI=1S/C26H35N7.HI/c1-28-26(30-19-21-12-13-29-25(17-21)32-14-6-2-3-7-15-32)31-23-10-8-16-33(20-23)24-11-5-4-9-22(24)18-27;/h4-5,9,11-13,17,23H,2-3,6-8,10,14-16,19-20H2,1H3,(H2,28,30,31);1H. The van der Waals surface area contributed by atoms with Crippen molar-refractivity contribution in [1.29, 1.82) is 5.26 Å². The van der Waals surface area contributed by atoms with Crippen LogP contribution in [0.4, 0.5) is 11.5 Å². The highest BCUT2D eigenvalue weighted by molar-refractivity contribution is 14.0. The van der Waals surface area contributed by atoms with Gasteiger partial charge in [0, 0.05) is 52.0 Å². The van der Waals surface area contributed by atoms with Crippen LogP contribution < -0.4 is 20.4 Å². The lowest BCUT2D eigenvalue weighted by molar-refractivity contribution is 0.468. The summed E-state index contributed by atoms with van der Waals surface area (Å²) in [5.41, 5.74) is 2.96. The molecule has 0 radical (unpaired) electrons. The minimum Gasteiger partial charge on any atom is -0.368 e. The zero-order valence-electron chi connectivity index (χ0n) is 20.0. The third kappa shape index (κ3) is 6.98. The molecule has 1 aromatic heterocycles. The number of nitrogens with one attached hydrogen (secondary N) is 2. The molecule has 1 unspecified atom stereocenters. The third-order valence-electron chi connectivity index (χ3n) is 6.55. The highest BCUT2D eigenvalue weighted by Gasteiger charge is 2.22. The van der Waals surface area contributed by atoms with Crippen molar-refractivity contribution in [2.45, 2.75) is 51.1 Å². The van der Waals surface area contributed by atoms with Gasteiger partial charge in [0.25, 0.3) is 0 Å². The van der Waals surface area contributed by atoms with Crippen LogP contribution in [0.25, 0.3) is 0 Å². The molecule has 0 aliphatic carbocycles. The molecule has 0 amide bonds. The van der Waals surface area contributed by atoms with Crippen molar-refractivity contribution in [3.63, 3.8) is 0 Å². The van der Waals surface area contributed by atoms with Crippen LogP contribution >= 0.6 is 24.0 Å². The van der Waals surface area contributed by atoms with Gasteiger partial charge in [-0.05, 0) is 55.5 Å². The number of hydrogen-bond acceptors (Lipinski definition) is 5. The van der Waals surface area contributed by atoms with E-state index in [2.05, 4.69) is 48.6 Å². The fourth-order valence-electron chi connectivity index (χ4n) is 4.77. The van der Waals surface area contributed by atoms with Crippen LogP contribution in [0.2, 0.25) is 0 Å². The highest BCUT2D eigenvalue weighted by atomic mass is 127. The minimum absolute atomic E-state index is 0. The average molecular weight is 574 g/mol. The second kappa shape index (κ2) is 13.4. The highest BCUT2D eigenvalue weighted by Crippen LogP contribution is 2.23.